The number of amidine groups is 1. The quantitative estimate of drug-likeness (QED) is 0.331. The van der Waals surface area contributed by atoms with E-state index in [1.807, 2.05) is 0 Å². The first kappa shape index (κ1) is 11.7. The Morgan fingerprint density at radius 1 is 1.33 bits per heavy atom. The van der Waals surface area contributed by atoms with Gasteiger partial charge in [0.1, 0.15) is 6.26 Å². The lowest BCUT2D eigenvalue weighted by molar-refractivity contribution is 0.102. The predicted octanol–water partition coefficient (Wildman–Crippen LogP) is 1.63. The Hall–Kier alpha value is -2.76. The number of hydrogen-bond acceptors (Lipinski definition) is 4. The summed E-state index contributed by atoms with van der Waals surface area (Å²) >= 11 is 0. The fraction of sp³-hybridized carbons (Fsp3) is 0. The van der Waals surface area contributed by atoms with Crippen LogP contribution in [-0.2, 0) is 0 Å². The topological polar surface area (TPSA) is 101 Å². The first-order valence-electron chi connectivity index (χ1n) is 5.12. The summed E-state index contributed by atoms with van der Waals surface area (Å²) in [5.41, 5.74) is 6.94. The molecule has 0 aliphatic carbocycles. The van der Waals surface area contributed by atoms with Crippen molar-refractivity contribution < 1.29 is 14.4 Å². The van der Waals surface area contributed by atoms with Crippen molar-refractivity contribution in [2.45, 2.75) is 0 Å². The van der Waals surface area contributed by atoms with Gasteiger partial charge in [0.25, 0.3) is 5.91 Å². The van der Waals surface area contributed by atoms with E-state index in [-0.39, 0.29) is 11.7 Å². The molecule has 0 unspecified atom stereocenters. The van der Waals surface area contributed by atoms with E-state index < -0.39 is 0 Å². The van der Waals surface area contributed by atoms with E-state index in [1.54, 1.807) is 30.3 Å². The van der Waals surface area contributed by atoms with Crippen LogP contribution in [0.5, 0.6) is 0 Å². The second kappa shape index (κ2) is 5.05. The van der Waals surface area contributed by atoms with Crippen molar-refractivity contribution in [1.82, 2.24) is 0 Å². The molecule has 0 saturated heterocycles. The number of nitrogens with one attached hydrogen (secondary N) is 1. The van der Waals surface area contributed by atoms with E-state index in [1.165, 1.54) is 12.5 Å². The van der Waals surface area contributed by atoms with Gasteiger partial charge in [-0.15, -0.1) is 0 Å². The number of anilines is 1. The maximum Gasteiger partial charge on any atom is 0.258 e. The summed E-state index contributed by atoms with van der Waals surface area (Å²) in [6.45, 7) is 0. The van der Waals surface area contributed by atoms with Crippen molar-refractivity contribution in [3.05, 3.63) is 54.0 Å². The maximum atomic E-state index is 11.7. The summed E-state index contributed by atoms with van der Waals surface area (Å²) in [5, 5.41) is 14.1. The van der Waals surface area contributed by atoms with Crippen molar-refractivity contribution in [3.63, 3.8) is 0 Å². The number of nitrogens with zero attached hydrogens (tertiary/aromatic N) is 1. The smallest absolute Gasteiger partial charge is 0.258 e. The zero-order valence-electron chi connectivity index (χ0n) is 9.33. The molecule has 6 heteroatoms. The van der Waals surface area contributed by atoms with Crippen LogP contribution in [0.25, 0.3) is 0 Å². The summed E-state index contributed by atoms with van der Waals surface area (Å²) in [7, 11) is 0. The fourth-order valence-electron chi connectivity index (χ4n) is 1.41. The minimum absolute atomic E-state index is 0.0191. The molecule has 0 aliphatic rings. The number of carbonyl (C=O) groups is 1. The van der Waals surface area contributed by atoms with Gasteiger partial charge < -0.3 is 20.7 Å². The molecule has 2 rings (SSSR count). The molecule has 2 aromatic rings. The van der Waals surface area contributed by atoms with Gasteiger partial charge in [-0.2, -0.15) is 0 Å². The first-order chi connectivity index (χ1) is 8.70. The fourth-order valence-corrected chi connectivity index (χ4v) is 1.41. The van der Waals surface area contributed by atoms with E-state index in [4.69, 9.17) is 15.4 Å². The summed E-state index contributed by atoms with van der Waals surface area (Å²) in [4.78, 5) is 11.7. The molecular weight excluding hydrogens is 234 g/mol. The van der Waals surface area contributed by atoms with Crippen molar-refractivity contribution in [3.8, 4) is 0 Å². The lowest BCUT2D eigenvalue weighted by Gasteiger charge is -2.05. The van der Waals surface area contributed by atoms with Crippen LogP contribution in [0.15, 0.2) is 52.4 Å². The van der Waals surface area contributed by atoms with Gasteiger partial charge in [-0.1, -0.05) is 17.3 Å². The Balaban J connectivity index is 2.17. The number of nitrogens with two attached hydrogens (primary N) is 1. The van der Waals surface area contributed by atoms with Gasteiger partial charge in [-0.3, -0.25) is 4.79 Å². The average Bonchev–Trinajstić information content (AvgIpc) is 2.92. The third-order valence-corrected chi connectivity index (χ3v) is 2.31. The Bertz CT molecular complexity index is 576. The van der Waals surface area contributed by atoms with Crippen LogP contribution >= 0.6 is 0 Å². The molecule has 4 N–H and O–H groups in total. The summed E-state index contributed by atoms with van der Waals surface area (Å²) in [5.74, 6) is -0.310. The number of amides is 1. The normalized spacial score (nSPS) is 11.2. The zero-order chi connectivity index (χ0) is 13.0. The highest BCUT2D eigenvalue weighted by molar-refractivity contribution is 6.05. The van der Waals surface area contributed by atoms with Gasteiger partial charge in [-0.25, -0.2) is 0 Å². The van der Waals surface area contributed by atoms with Gasteiger partial charge in [0, 0.05) is 11.3 Å². The summed E-state index contributed by atoms with van der Waals surface area (Å²) in [6, 6.07) is 8.23. The van der Waals surface area contributed by atoms with Crippen LogP contribution in [0.4, 0.5) is 5.69 Å². The monoisotopic (exact) mass is 245 g/mol. The van der Waals surface area contributed by atoms with Crippen LogP contribution in [-0.4, -0.2) is 17.0 Å². The molecule has 0 fully saturated rings. The Kier molecular flexibility index (Phi) is 3.29. The summed E-state index contributed by atoms with van der Waals surface area (Å²) < 4.78 is 4.82. The molecule has 0 radical (unpaired) electrons. The van der Waals surface area contributed by atoms with Crippen molar-refractivity contribution in [1.29, 1.82) is 0 Å². The number of carbonyl (C=O) groups excluding carboxylic acids is 1. The Morgan fingerprint density at radius 3 is 2.83 bits per heavy atom. The highest BCUT2D eigenvalue weighted by Gasteiger charge is 2.08. The number of benzene rings is 1. The highest BCUT2D eigenvalue weighted by Crippen LogP contribution is 2.12. The first-order valence-corrected chi connectivity index (χ1v) is 5.12. The number of furan rings is 1. The van der Waals surface area contributed by atoms with Crippen molar-refractivity contribution >= 4 is 17.4 Å². The number of hydrogen-bond donors (Lipinski definition) is 3. The standard InChI is InChI=1S/C12H11N3O3/c13-11(15-17)8-2-1-3-10(6-8)14-12(16)9-4-5-18-7-9/h1-7,17H,(H2,13,15)(H,14,16). The van der Waals surface area contributed by atoms with Crippen LogP contribution in [0, 0.1) is 0 Å². The second-order valence-electron chi connectivity index (χ2n) is 3.53. The highest BCUT2D eigenvalue weighted by atomic mass is 16.4. The molecule has 0 spiro atoms. The van der Waals surface area contributed by atoms with E-state index in [0.29, 0.717) is 16.8 Å². The van der Waals surface area contributed by atoms with Crippen molar-refractivity contribution in [2.75, 3.05) is 5.32 Å². The SMILES string of the molecule is N/C(=N/O)c1cccc(NC(=O)c2ccoc2)c1. The number of oxime groups is 1. The summed E-state index contributed by atoms with van der Waals surface area (Å²) in [6.07, 6.45) is 2.77. The number of rotatable bonds is 3. The van der Waals surface area contributed by atoms with Gasteiger partial charge in [-0.05, 0) is 18.2 Å². The van der Waals surface area contributed by atoms with Crippen molar-refractivity contribution in [2.24, 2.45) is 10.9 Å². The van der Waals surface area contributed by atoms with E-state index in [9.17, 15) is 4.79 Å². The molecule has 0 aliphatic heterocycles. The Morgan fingerprint density at radius 2 is 2.17 bits per heavy atom. The van der Waals surface area contributed by atoms with Gasteiger partial charge in [0.15, 0.2) is 5.84 Å². The molecule has 6 nitrogen and oxygen atoms in total. The van der Waals surface area contributed by atoms with Crippen LogP contribution < -0.4 is 11.1 Å². The third-order valence-electron chi connectivity index (χ3n) is 2.31. The van der Waals surface area contributed by atoms with Gasteiger partial charge >= 0.3 is 0 Å². The molecule has 1 amide bonds. The lowest BCUT2D eigenvalue weighted by atomic mass is 10.2. The molecule has 0 saturated carbocycles. The van der Waals surface area contributed by atoms with Crippen LogP contribution in [0.3, 0.4) is 0 Å². The van der Waals surface area contributed by atoms with Gasteiger partial charge in [0.05, 0.1) is 11.8 Å². The molecule has 1 aromatic carbocycles. The Labute approximate surface area is 103 Å². The largest absolute Gasteiger partial charge is 0.472 e. The third kappa shape index (κ3) is 2.49. The molecule has 18 heavy (non-hydrogen) atoms. The van der Waals surface area contributed by atoms with Gasteiger partial charge in [0.2, 0.25) is 0 Å². The lowest BCUT2D eigenvalue weighted by Crippen LogP contribution is -2.15. The van der Waals surface area contributed by atoms with E-state index >= 15 is 0 Å². The van der Waals surface area contributed by atoms with E-state index in [0.717, 1.165) is 0 Å². The average molecular weight is 245 g/mol. The van der Waals surface area contributed by atoms with Crippen LogP contribution in [0.2, 0.25) is 0 Å². The molecule has 1 heterocycles. The molecule has 92 valence electrons. The second-order valence-corrected chi connectivity index (χ2v) is 3.53. The zero-order valence-corrected chi connectivity index (χ0v) is 9.33. The van der Waals surface area contributed by atoms with Crippen LogP contribution in [0.1, 0.15) is 15.9 Å². The minimum atomic E-state index is -0.291. The molecule has 0 atom stereocenters. The molecule has 0 bridgehead atoms. The minimum Gasteiger partial charge on any atom is -0.472 e. The van der Waals surface area contributed by atoms with E-state index in [2.05, 4.69) is 10.5 Å². The predicted molar refractivity (Wildman–Crippen MR) is 65.6 cm³/mol. The molecular formula is C12H11N3O3. The maximum absolute atomic E-state index is 11.7. The molecule has 1 aromatic heterocycles.